The number of hydrogen-bond donors (Lipinski definition) is 1. The Bertz CT molecular complexity index is 815. The Morgan fingerprint density at radius 2 is 2.08 bits per heavy atom. The number of carbonyl (C=O) groups excluding carboxylic acids is 1. The second-order valence-corrected chi connectivity index (χ2v) is 8.72. The number of rotatable bonds is 7. The molecule has 7 heteroatoms. The van der Waals surface area contributed by atoms with Crippen molar-refractivity contribution in [2.45, 2.75) is 25.7 Å². The van der Waals surface area contributed by atoms with Crippen LogP contribution in [0.1, 0.15) is 25.0 Å². The minimum atomic E-state index is -2.82. The molecule has 3 rings (SSSR count). The standard InChI is InChI=1S/C18H22N2O4S/c21-18(19-9-4-5-14-8-10-25(22,23)13-14)12-16-11-17(24-20-16)15-6-2-1-3-7-15/h1-3,6-7,11,14H,4-5,8-10,12-13H2,(H,19,21). The lowest BCUT2D eigenvalue weighted by molar-refractivity contribution is -0.120. The first kappa shape index (κ1) is 17.7. The van der Waals surface area contributed by atoms with Crippen LogP contribution in [0, 0.1) is 5.92 Å². The summed E-state index contributed by atoms with van der Waals surface area (Å²) < 4.78 is 28.1. The lowest BCUT2D eigenvalue weighted by Gasteiger charge is -2.07. The summed E-state index contributed by atoms with van der Waals surface area (Å²) >= 11 is 0. The molecule has 6 nitrogen and oxygen atoms in total. The average Bonchev–Trinajstić information content (AvgIpc) is 3.19. The quantitative estimate of drug-likeness (QED) is 0.763. The van der Waals surface area contributed by atoms with Gasteiger partial charge < -0.3 is 9.84 Å². The van der Waals surface area contributed by atoms with Crippen molar-refractivity contribution in [1.29, 1.82) is 0 Å². The fraction of sp³-hybridized carbons (Fsp3) is 0.444. The van der Waals surface area contributed by atoms with Gasteiger partial charge in [-0.1, -0.05) is 35.5 Å². The van der Waals surface area contributed by atoms with Gasteiger partial charge in [-0.05, 0) is 25.2 Å². The molecule has 2 heterocycles. The lowest BCUT2D eigenvalue weighted by atomic mass is 10.0. The van der Waals surface area contributed by atoms with Gasteiger partial charge in [-0.3, -0.25) is 4.79 Å². The molecule has 2 aromatic rings. The van der Waals surface area contributed by atoms with Crippen LogP contribution in [0.3, 0.4) is 0 Å². The normalized spacial score (nSPS) is 19.0. The molecule has 1 aromatic heterocycles. The molecule has 0 radical (unpaired) electrons. The summed E-state index contributed by atoms with van der Waals surface area (Å²) in [5.41, 5.74) is 1.52. The van der Waals surface area contributed by atoms with Gasteiger partial charge in [0.2, 0.25) is 5.91 Å². The minimum Gasteiger partial charge on any atom is -0.356 e. The summed E-state index contributed by atoms with van der Waals surface area (Å²) in [5.74, 6) is 1.38. The van der Waals surface area contributed by atoms with Crippen LogP contribution in [0.15, 0.2) is 40.9 Å². The monoisotopic (exact) mass is 362 g/mol. The third-order valence-electron chi connectivity index (χ3n) is 4.40. The summed E-state index contributed by atoms with van der Waals surface area (Å²) in [6, 6.07) is 11.4. The molecule has 0 spiro atoms. The highest BCUT2D eigenvalue weighted by Crippen LogP contribution is 2.22. The smallest absolute Gasteiger partial charge is 0.226 e. The summed E-state index contributed by atoms with van der Waals surface area (Å²) in [6.07, 6.45) is 2.55. The van der Waals surface area contributed by atoms with Gasteiger partial charge in [0.25, 0.3) is 0 Å². The van der Waals surface area contributed by atoms with Gasteiger partial charge in [0.15, 0.2) is 15.6 Å². The number of nitrogens with zero attached hydrogens (tertiary/aromatic N) is 1. The Labute approximate surface area is 147 Å². The number of nitrogens with one attached hydrogen (secondary N) is 1. The van der Waals surface area contributed by atoms with Crippen molar-refractivity contribution in [2.75, 3.05) is 18.1 Å². The van der Waals surface area contributed by atoms with Crippen molar-refractivity contribution < 1.29 is 17.7 Å². The van der Waals surface area contributed by atoms with Crippen LogP contribution in [0.2, 0.25) is 0 Å². The average molecular weight is 362 g/mol. The molecular weight excluding hydrogens is 340 g/mol. The van der Waals surface area contributed by atoms with Crippen LogP contribution in [0.25, 0.3) is 11.3 Å². The van der Waals surface area contributed by atoms with Crippen LogP contribution >= 0.6 is 0 Å². The fourth-order valence-corrected chi connectivity index (χ4v) is 4.99. The third kappa shape index (κ3) is 5.16. The van der Waals surface area contributed by atoms with Crippen molar-refractivity contribution in [3.8, 4) is 11.3 Å². The van der Waals surface area contributed by atoms with Crippen molar-refractivity contribution in [3.05, 3.63) is 42.1 Å². The Kier molecular flexibility index (Phi) is 5.53. The highest BCUT2D eigenvalue weighted by atomic mass is 32.2. The van der Waals surface area contributed by atoms with Gasteiger partial charge in [-0.25, -0.2) is 8.42 Å². The van der Waals surface area contributed by atoms with Crippen LogP contribution in [0.5, 0.6) is 0 Å². The number of sulfone groups is 1. The number of amides is 1. The molecule has 1 atom stereocenters. The van der Waals surface area contributed by atoms with Crippen molar-refractivity contribution in [3.63, 3.8) is 0 Å². The van der Waals surface area contributed by atoms with Crippen LogP contribution < -0.4 is 5.32 Å². The molecule has 0 bridgehead atoms. The van der Waals surface area contributed by atoms with Crippen LogP contribution in [0.4, 0.5) is 0 Å². The summed E-state index contributed by atoms with van der Waals surface area (Å²) in [4.78, 5) is 12.0. The van der Waals surface area contributed by atoms with E-state index in [1.807, 2.05) is 30.3 Å². The zero-order valence-corrected chi connectivity index (χ0v) is 14.8. The number of benzene rings is 1. The van der Waals surface area contributed by atoms with Crippen LogP contribution in [-0.2, 0) is 21.1 Å². The Hall–Kier alpha value is -2.15. The SMILES string of the molecule is O=C(Cc1cc(-c2ccccc2)on1)NCCCC1CCS(=O)(=O)C1. The molecule has 1 saturated heterocycles. The highest BCUT2D eigenvalue weighted by molar-refractivity contribution is 7.91. The highest BCUT2D eigenvalue weighted by Gasteiger charge is 2.27. The molecule has 0 aliphatic carbocycles. The van der Waals surface area contributed by atoms with Gasteiger partial charge >= 0.3 is 0 Å². The van der Waals surface area contributed by atoms with E-state index in [-0.39, 0.29) is 18.2 Å². The van der Waals surface area contributed by atoms with Crippen molar-refractivity contribution >= 4 is 15.7 Å². The van der Waals surface area contributed by atoms with E-state index in [1.54, 1.807) is 6.07 Å². The Morgan fingerprint density at radius 3 is 2.80 bits per heavy atom. The predicted molar refractivity (Wildman–Crippen MR) is 94.6 cm³/mol. The van der Waals surface area contributed by atoms with Crippen LogP contribution in [-0.4, -0.2) is 37.5 Å². The maximum absolute atomic E-state index is 12.0. The topological polar surface area (TPSA) is 89.3 Å². The van der Waals surface area contributed by atoms with E-state index in [0.29, 0.717) is 29.5 Å². The molecule has 134 valence electrons. The molecule has 25 heavy (non-hydrogen) atoms. The lowest BCUT2D eigenvalue weighted by Crippen LogP contribution is -2.26. The molecule has 1 N–H and O–H groups in total. The van der Waals surface area contributed by atoms with E-state index in [9.17, 15) is 13.2 Å². The Morgan fingerprint density at radius 1 is 1.28 bits per heavy atom. The van der Waals surface area contributed by atoms with Gasteiger partial charge in [-0.2, -0.15) is 0 Å². The van der Waals surface area contributed by atoms with E-state index in [4.69, 9.17) is 4.52 Å². The number of carbonyl (C=O) groups is 1. The van der Waals surface area contributed by atoms with Gasteiger partial charge in [0, 0.05) is 18.2 Å². The first-order valence-electron chi connectivity index (χ1n) is 8.50. The first-order chi connectivity index (χ1) is 12.0. The summed E-state index contributed by atoms with van der Waals surface area (Å²) in [5, 5.41) is 6.79. The third-order valence-corrected chi connectivity index (χ3v) is 6.23. The maximum atomic E-state index is 12.0. The molecule has 0 saturated carbocycles. The predicted octanol–water partition coefficient (Wildman–Crippen LogP) is 2.22. The van der Waals surface area contributed by atoms with E-state index >= 15 is 0 Å². The molecule has 1 amide bonds. The van der Waals surface area contributed by atoms with E-state index in [2.05, 4.69) is 10.5 Å². The first-order valence-corrected chi connectivity index (χ1v) is 10.3. The Balaban J connectivity index is 1.39. The van der Waals surface area contributed by atoms with E-state index < -0.39 is 9.84 Å². The molecule has 1 aliphatic rings. The number of hydrogen-bond acceptors (Lipinski definition) is 5. The van der Waals surface area contributed by atoms with Gasteiger partial charge in [-0.15, -0.1) is 0 Å². The van der Waals surface area contributed by atoms with Crippen molar-refractivity contribution in [2.24, 2.45) is 5.92 Å². The number of aromatic nitrogens is 1. The largest absolute Gasteiger partial charge is 0.356 e. The summed E-state index contributed by atoms with van der Waals surface area (Å²) in [6.45, 7) is 0.554. The second-order valence-electron chi connectivity index (χ2n) is 6.49. The van der Waals surface area contributed by atoms with Gasteiger partial charge in [0.05, 0.1) is 23.6 Å². The molecule has 1 aliphatic heterocycles. The summed E-state index contributed by atoms with van der Waals surface area (Å²) in [7, 11) is -2.82. The zero-order valence-electron chi connectivity index (χ0n) is 14.0. The molecule has 1 fully saturated rings. The van der Waals surface area contributed by atoms with Gasteiger partial charge in [0.1, 0.15) is 0 Å². The second kappa shape index (κ2) is 7.82. The van der Waals surface area contributed by atoms with E-state index in [0.717, 1.165) is 24.8 Å². The minimum absolute atomic E-state index is 0.105. The van der Waals surface area contributed by atoms with Crippen molar-refractivity contribution in [1.82, 2.24) is 10.5 Å². The maximum Gasteiger partial charge on any atom is 0.226 e. The molecule has 1 aromatic carbocycles. The van der Waals surface area contributed by atoms with E-state index in [1.165, 1.54) is 0 Å². The fourth-order valence-electron chi connectivity index (χ4n) is 3.08. The zero-order chi connectivity index (χ0) is 17.7. The molecule has 1 unspecified atom stereocenters. The molecular formula is C18H22N2O4S.